The van der Waals surface area contributed by atoms with Gasteiger partial charge < -0.3 is 4.43 Å². The lowest BCUT2D eigenvalue weighted by Crippen LogP contribution is -2.53. The van der Waals surface area contributed by atoms with Crippen molar-refractivity contribution in [1.29, 1.82) is 0 Å². The van der Waals surface area contributed by atoms with Crippen LogP contribution in [0.15, 0.2) is 42.5 Å². The summed E-state index contributed by atoms with van der Waals surface area (Å²) >= 11 is 1.87. The van der Waals surface area contributed by atoms with Gasteiger partial charge in [0.25, 0.3) is 0 Å². The molecule has 1 heterocycles. The molecule has 2 rings (SSSR count). The standard InChI is InChI=1S/C16H21F3OS2Si/c1-23(2,3)20-14-10-7-11-21-15(14,16(17,18)19)22-12-13-8-5-4-6-9-13/h4-10,14H,11-12H2,1-3H3. The first-order valence-electron chi connectivity index (χ1n) is 7.37. The molecule has 0 saturated carbocycles. The van der Waals surface area contributed by atoms with Crippen LogP contribution in [-0.4, -0.2) is 30.4 Å². The number of hydrogen-bond donors (Lipinski definition) is 0. The average molecular weight is 379 g/mol. The minimum absolute atomic E-state index is 0.312. The monoisotopic (exact) mass is 378 g/mol. The van der Waals surface area contributed by atoms with Crippen LogP contribution >= 0.6 is 23.5 Å². The van der Waals surface area contributed by atoms with Crippen LogP contribution in [0.4, 0.5) is 13.2 Å². The Balaban J connectivity index is 2.28. The first kappa shape index (κ1) is 19.0. The summed E-state index contributed by atoms with van der Waals surface area (Å²) in [6.07, 6.45) is -1.91. The molecule has 1 aliphatic heterocycles. The zero-order valence-corrected chi connectivity index (χ0v) is 16.0. The fourth-order valence-electron chi connectivity index (χ4n) is 2.27. The summed E-state index contributed by atoms with van der Waals surface area (Å²) in [5.74, 6) is 0.666. The van der Waals surface area contributed by atoms with Gasteiger partial charge in [-0.25, -0.2) is 0 Å². The molecule has 0 bridgehead atoms. The maximum atomic E-state index is 14.0. The molecule has 23 heavy (non-hydrogen) atoms. The highest BCUT2D eigenvalue weighted by molar-refractivity contribution is 8.18. The average Bonchev–Trinajstić information content (AvgIpc) is 2.45. The van der Waals surface area contributed by atoms with Gasteiger partial charge in [0.15, 0.2) is 12.4 Å². The van der Waals surface area contributed by atoms with E-state index in [1.54, 1.807) is 12.2 Å². The van der Waals surface area contributed by atoms with E-state index in [0.29, 0.717) is 11.5 Å². The van der Waals surface area contributed by atoms with Crippen LogP contribution in [0.2, 0.25) is 19.6 Å². The molecule has 0 amide bonds. The van der Waals surface area contributed by atoms with Crippen molar-refractivity contribution < 1.29 is 17.6 Å². The van der Waals surface area contributed by atoms with E-state index in [0.717, 1.165) is 29.1 Å². The normalized spacial score (nSPS) is 25.6. The molecule has 1 nitrogen and oxygen atoms in total. The highest BCUT2D eigenvalue weighted by Gasteiger charge is 2.61. The van der Waals surface area contributed by atoms with E-state index >= 15 is 0 Å². The Bertz CT molecular complexity index is 542. The van der Waals surface area contributed by atoms with Crippen LogP contribution in [0.5, 0.6) is 0 Å². The second-order valence-electron chi connectivity index (χ2n) is 6.33. The Kier molecular flexibility index (Phi) is 5.98. The summed E-state index contributed by atoms with van der Waals surface area (Å²) in [6.45, 7) is 5.76. The van der Waals surface area contributed by atoms with Gasteiger partial charge in [0, 0.05) is 11.5 Å². The van der Waals surface area contributed by atoms with E-state index < -0.39 is 24.7 Å². The second kappa shape index (κ2) is 7.25. The number of halogens is 3. The molecule has 0 N–H and O–H groups in total. The second-order valence-corrected chi connectivity index (χ2v) is 13.5. The highest BCUT2D eigenvalue weighted by Crippen LogP contribution is 2.56. The van der Waals surface area contributed by atoms with Crippen molar-refractivity contribution >= 4 is 31.8 Å². The number of thioether (sulfide) groups is 2. The first-order valence-corrected chi connectivity index (χ1v) is 12.7. The van der Waals surface area contributed by atoms with Crippen molar-refractivity contribution in [2.45, 2.75) is 41.8 Å². The SMILES string of the molecule is C[Si](C)(C)OC1C=CCSC1(SCc1ccccc1)C(F)(F)F. The molecule has 0 saturated heterocycles. The lowest BCUT2D eigenvalue weighted by Gasteiger charge is -2.43. The van der Waals surface area contributed by atoms with Crippen molar-refractivity contribution in [1.82, 2.24) is 0 Å². The van der Waals surface area contributed by atoms with Gasteiger partial charge in [0.05, 0.1) is 6.10 Å². The minimum atomic E-state index is -4.34. The van der Waals surface area contributed by atoms with Crippen LogP contribution in [0.3, 0.4) is 0 Å². The molecule has 0 fully saturated rings. The quantitative estimate of drug-likeness (QED) is 0.480. The number of hydrogen-bond acceptors (Lipinski definition) is 3. The lowest BCUT2D eigenvalue weighted by atomic mass is 10.2. The third kappa shape index (κ3) is 4.81. The molecule has 128 valence electrons. The van der Waals surface area contributed by atoms with E-state index in [1.165, 1.54) is 0 Å². The zero-order valence-electron chi connectivity index (χ0n) is 13.4. The topological polar surface area (TPSA) is 9.23 Å². The summed E-state index contributed by atoms with van der Waals surface area (Å²) in [5.41, 5.74) is 0.892. The van der Waals surface area contributed by atoms with Gasteiger partial charge in [-0.15, -0.1) is 23.5 Å². The fourth-order valence-corrected chi connectivity index (χ4v) is 6.11. The van der Waals surface area contributed by atoms with Crippen LogP contribution in [0, 0.1) is 0 Å². The summed E-state index contributed by atoms with van der Waals surface area (Å²) < 4.78 is 45.9. The van der Waals surface area contributed by atoms with E-state index in [9.17, 15) is 13.2 Å². The number of benzene rings is 1. The Hall–Kier alpha value is -0.373. The van der Waals surface area contributed by atoms with Crippen molar-refractivity contribution in [3.63, 3.8) is 0 Å². The van der Waals surface area contributed by atoms with Crippen LogP contribution in [0.1, 0.15) is 5.56 Å². The van der Waals surface area contributed by atoms with E-state index in [2.05, 4.69) is 0 Å². The smallest absolute Gasteiger partial charge is 0.409 e. The predicted molar refractivity (Wildman–Crippen MR) is 96.3 cm³/mol. The van der Waals surface area contributed by atoms with Crippen molar-refractivity contribution in [2.24, 2.45) is 0 Å². The first-order chi connectivity index (χ1) is 10.6. The van der Waals surface area contributed by atoms with E-state index in [1.807, 2.05) is 50.0 Å². The summed E-state index contributed by atoms with van der Waals surface area (Å²) in [7, 11) is -2.10. The minimum Gasteiger partial charge on any atom is -0.409 e. The molecule has 1 aliphatic rings. The third-order valence-electron chi connectivity index (χ3n) is 3.25. The van der Waals surface area contributed by atoms with Crippen LogP contribution in [-0.2, 0) is 10.2 Å². The molecule has 0 radical (unpaired) electrons. The Morgan fingerprint density at radius 3 is 2.48 bits per heavy atom. The van der Waals surface area contributed by atoms with Gasteiger partial charge in [-0.1, -0.05) is 42.5 Å². The van der Waals surface area contributed by atoms with Crippen LogP contribution in [0.25, 0.3) is 0 Å². The molecule has 1 aromatic carbocycles. The van der Waals surface area contributed by atoms with Gasteiger partial charge >= 0.3 is 6.18 Å². The number of rotatable bonds is 5. The highest BCUT2D eigenvalue weighted by atomic mass is 32.2. The predicted octanol–water partition coefficient (Wildman–Crippen LogP) is 5.70. The Labute approximate surface area is 145 Å². The molecule has 0 spiro atoms. The van der Waals surface area contributed by atoms with Crippen molar-refractivity contribution in [2.75, 3.05) is 5.75 Å². The van der Waals surface area contributed by atoms with Gasteiger partial charge in [-0.3, -0.25) is 0 Å². The molecule has 7 heteroatoms. The van der Waals surface area contributed by atoms with Gasteiger partial charge in [0.1, 0.15) is 0 Å². The summed E-state index contributed by atoms with van der Waals surface area (Å²) in [5, 5.41) is 0. The molecule has 0 aromatic heterocycles. The summed E-state index contributed by atoms with van der Waals surface area (Å²) in [6, 6.07) is 9.27. The Morgan fingerprint density at radius 1 is 1.26 bits per heavy atom. The maximum absolute atomic E-state index is 14.0. The Morgan fingerprint density at radius 2 is 1.91 bits per heavy atom. The van der Waals surface area contributed by atoms with Crippen molar-refractivity contribution in [3.8, 4) is 0 Å². The van der Waals surface area contributed by atoms with Crippen LogP contribution < -0.4 is 0 Å². The molecule has 0 aliphatic carbocycles. The van der Waals surface area contributed by atoms with Gasteiger partial charge in [-0.2, -0.15) is 13.2 Å². The van der Waals surface area contributed by atoms with E-state index in [-0.39, 0.29) is 0 Å². The summed E-state index contributed by atoms with van der Waals surface area (Å²) in [4.78, 5) is 0. The maximum Gasteiger partial charge on any atom is 0.415 e. The molecule has 2 unspecified atom stereocenters. The number of alkyl halides is 3. The zero-order chi connectivity index (χ0) is 17.1. The molecule has 1 aromatic rings. The molecular formula is C16H21F3OS2Si. The van der Waals surface area contributed by atoms with Crippen molar-refractivity contribution in [3.05, 3.63) is 48.0 Å². The lowest BCUT2D eigenvalue weighted by molar-refractivity contribution is -0.150. The van der Waals surface area contributed by atoms with E-state index in [4.69, 9.17) is 4.43 Å². The fraction of sp³-hybridized carbons (Fsp3) is 0.500. The largest absolute Gasteiger partial charge is 0.415 e. The van der Waals surface area contributed by atoms with Gasteiger partial charge in [-0.05, 0) is 25.2 Å². The molecular weight excluding hydrogens is 357 g/mol. The third-order valence-corrected chi connectivity index (χ3v) is 7.54. The van der Waals surface area contributed by atoms with Gasteiger partial charge in [0.2, 0.25) is 0 Å². The molecule has 2 atom stereocenters.